The number of nitrogens with zero attached hydrogens (tertiary/aromatic N) is 3. The molecule has 1 fully saturated rings. The van der Waals surface area contributed by atoms with Crippen molar-refractivity contribution in [3.05, 3.63) is 94.0 Å². The summed E-state index contributed by atoms with van der Waals surface area (Å²) < 4.78 is 0. The van der Waals surface area contributed by atoms with Crippen LogP contribution >= 0.6 is 23.2 Å². The van der Waals surface area contributed by atoms with Crippen LogP contribution in [0.2, 0.25) is 10.0 Å². The number of carbonyl (C=O) groups excluding carboxylic acids is 1. The van der Waals surface area contributed by atoms with Crippen LogP contribution < -0.4 is 9.80 Å². The zero-order valence-corrected chi connectivity index (χ0v) is 19.4. The minimum absolute atomic E-state index is 0.127. The molecule has 6 heteroatoms. The van der Waals surface area contributed by atoms with Gasteiger partial charge in [0.1, 0.15) is 0 Å². The van der Waals surface area contributed by atoms with Crippen LogP contribution in [0, 0.1) is 11.3 Å². The van der Waals surface area contributed by atoms with Crippen LogP contribution in [0.3, 0.4) is 0 Å². The van der Waals surface area contributed by atoms with Crippen molar-refractivity contribution in [2.45, 2.75) is 38.3 Å². The van der Waals surface area contributed by atoms with Gasteiger partial charge in [-0.05, 0) is 79.6 Å². The number of halogens is 2. The van der Waals surface area contributed by atoms with Gasteiger partial charge in [-0.15, -0.1) is 0 Å². The fraction of sp³-hybridized carbons (Fsp3) is 0.231. The Morgan fingerprint density at radius 3 is 2.12 bits per heavy atom. The Morgan fingerprint density at radius 1 is 0.969 bits per heavy atom. The van der Waals surface area contributed by atoms with Crippen LogP contribution in [0.5, 0.6) is 0 Å². The monoisotopic (exact) mass is 463 g/mol. The fourth-order valence-corrected chi connectivity index (χ4v) is 4.99. The number of nitriles is 1. The summed E-state index contributed by atoms with van der Waals surface area (Å²) >= 11 is 12.3. The molecule has 0 N–H and O–H groups in total. The second kappa shape index (κ2) is 8.86. The molecule has 1 heterocycles. The smallest absolute Gasteiger partial charge is 0.286 e. The van der Waals surface area contributed by atoms with E-state index in [0.717, 1.165) is 29.8 Å². The predicted octanol–water partition coefficient (Wildman–Crippen LogP) is 7.61. The molecule has 0 spiro atoms. The molecule has 3 aromatic rings. The van der Waals surface area contributed by atoms with Crippen LogP contribution in [-0.2, 0) is 0 Å². The number of hydrogen-bond donors (Lipinski definition) is 0. The molecule has 2 unspecified atom stereocenters. The maximum Gasteiger partial charge on any atom is 0.330 e. The standard InChI is InChI=1S/C26H23Cl2N3O/c1-3-15-26(2)24(19-6-4-5-18(16-19)17-29)30(22-11-7-20(27)8-12-22)25(32)31(26)23-13-9-21(28)10-14-23/h4-14,16,24H,3,15H2,1-2H3. The minimum Gasteiger partial charge on any atom is -0.286 e. The summed E-state index contributed by atoms with van der Waals surface area (Å²) in [4.78, 5) is 17.7. The highest BCUT2D eigenvalue weighted by atomic mass is 35.5. The minimum atomic E-state index is -0.562. The summed E-state index contributed by atoms with van der Waals surface area (Å²) in [5.41, 5.74) is 2.46. The van der Waals surface area contributed by atoms with E-state index in [0.29, 0.717) is 15.6 Å². The van der Waals surface area contributed by atoms with Crippen LogP contribution in [-0.4, -0.2) is 11.6 Å². The van der Waals surface area contributed by atoms with Gasteiger partial charge in [-0.25, -0.2) is 4.79 Å². The predicted molar refractivity (Wildman–Crippen MR) is 130 cm³/mol. The number of urea groups is 1. The van der Waals surface area contributed by atoms with Gasteiger partial charge in [-0.3, -0.25) is 9.80 Å². The van der Waals surface area contributed by atoms with Crippen molar-refractivity contribution in [1.29, 1.82) is 5.26 Å². The summed E-state index contributed by atoms with van der Waals surface area (Å²) in [6.45, 7) is 4.23. The van der Waals surface area contributed by atoms with Gasteiger partial charge in [0.25, 0.3) is 0 Å². The fourth-order valence-electron chi connectivity index (χ4n) is 4.73. The van der Waals surface area contributed by atoms with Crippen LogP contribution in [0.4, 0.5) is 16.2 Å². The molecule has 0 bridgehead atoms. The van der Waals surface area contributed by atoms with Gasteiger partial charge in [0, 0.05) is 21.4 Å². The van der Waals surface area contributed by atoms with E-state index in [4.69, 9.17) is 23.2 Å². The van der Waals surface area contributed by atoms with E-state index in [1.807, 2.05) is 52.3 Å². The number of carbonyl (C=O) groups is 1. The van der Waals surface area contributed by atoms with Gasteiger partial charge in [-0.1, -0.05) is 48.7 Å². The molecular formula is C26H23Cl2N3O. The van der Waals surface area contributed by atoms with Crippen molar-refractivity contribution in [1.82, 2.24) is 0 Å². The molecule has 162 valence electrons. The van der Waals surface area contributed by atoms with Gasteiger partial charge in [0.05, 0.1) is 23.2 Å². The molecule has 4 rings (SSSR count). The van der Waals surface area contributed by atoms with Gasteiger partial charge in [-0.2, -0.15) is 5.26 Å². The lowest BCUT2D eigenvalue weighted by Gasteiger charge is -2.39. The zero-order chi connectivity index (χ0) is 22.9. The number of amides is 2. The van der Waals surface area contributed by atoms with Crippen molar-refractivity contribution >= 4 is 40.6 Å². The lowest BCUT2D eigenvalue weighted by Crippen LogP contribution is -2.46. The average Bonchev–Trinajstić information content (AvgIpc) is 3.02. The molecule has 2 atom stereocenters. The molecule has 1 aliphatic heterocycles. The number of hydrogen-bond acceptors (Lipinski definition) is 2. The third kappa shape index (κ3) is 3.83. The number of rotatable bonds is 5. The molecule has 0 aromatic heterocycles. The van der Waals surface area contributed by atoms with E-state index < -0.39 is 5.54 Å². The van der Waals surface area contributed by atoms with E-state index >= 15 is 0 Å². The molecule has 32 heavy (non-hydrogen) atoms. The van der Waals surface area contributed by atoms with E-state index in [1.54, 1.807) is 30.3 Å². The van der Waals surface area contributed by atoms with Gasteiger partial charge >= 0.3 is 6.03 Å². The lowest BCUT2D eigenvalue weighted by atomic mass is 9.82. The van der Waals surface area contributed by atoms with Crippen molar-refractivity contribution < 1.29 is 4.79 Å². The van der Waals surface area contributed by atoms with Crippen LogP contribution in [0.1, 0.15) is 43.9 Å². The second-order valence-electron chi connectivity index (χ2n) is 8.19. The largest absolute Gasteiger partial charge is 0.330 e. The Hall–Kier alpha value is -3.00. The van der Waals surface area contributed by atoms with Crippen molar-refractivity contribution in [3.63, 3.8) is 0 Å². The molecule has 0 saturated carbocycles. The highest BCUT2D eigenvalue weighted by Crippen LogP contribution is 2.50. The van der Waals surface area contributed by atoms with Crippen molar-refractivity contribution in [3.8, 4) is 6.07 Å². The topological polar surface area (TPSA) is 47.3 Å². The second-order valence-corrected chi connectivity index (χ2v) is 9.06. The number of benzene rings is 3. The van der Waals surface area contributed by atoms with E-state index in [2.05, 4.69) is 19.9 Å². The summed E-state index contributed by atoms with van der Waals surface area (Å²) in [6, 6.07) is 23.9. The summed E-state index contributed by atoms with van der Waals surface area (Å²) in [5, 5.41) is 10.7. The third-order valence-corrected chi connectivity index (χ3v) is 6.54. The summed E-state index contributed by atoms with van der Waals surface area (Å²) in [7, 11) is 0. The molecule has 0 aliphatic carbocycles. The average molecular weight is 464 g/mol. The van der Waals surface area contributed by atoms with E-state index in [9.17, 15) is 10.1 Å². The molecule has 3 aromatic carbocycles. The normalized spacial score (nSPS) is 20.5. The van der Waals surface area contributed by atoms with Gasteiger partial charge < -0.3 is 0 Å². The highest BCUT2D eigenvalue weighted by molar-refractivity contribution is 6.31. The van der Waals surface area contributed by atoms with Crippen molar-refractivity contribution in [2.24, 2.45) is 0 Å². The summed E-state index contributed by atoms with van der Waals surface area (Å²) in [5.74, 6) is 0. The SMILES string of the molecule is CCCC1(C)C(c2cccc(C#N)c2)N(c2ccc(Cl)cc2)C(=O)N1c1ccc(Cl)cc1. The quantitative estimate of drug-likeness (QED) is 0.390. The Bertz CT molecular complexity index is 1170. The first-order chi connectivity index (χ1) is 15.4. The first kappa shape index (κ1) is 22.2. The number of anilines is 2. The Balaban J connectivity index is 1.95. The first-order valence-electron chi connectivity index (χ1n) is 10.5. The molecule has 1 saturated heterocycles. The maximum atomic E-state index is 14.0. The Labute approximate surface area is 198 Å². The Kier molecular flexibility index (Phi) is 6.15. The molecule has 1 aliphatic rings. The first-order valence-corrected chi connectivity index (χ1v) is 11.3. The van der Waals surface area contributed by atoms with E-state index in [-0.39, 0.29) is 12.1 Å². The molecular weight excluding hydrogens is 441 g/mol. The lowest BCUT2D eigenvalue weighted by molar-refractivity contribution is 0.253. The zero-order valence-electron chi connectivity index (χ0n) is 17.9. The maximum absolute atomic E-state index is 14.0. The Morgan fingerprint density at radius 2 is 1.56 bits per heavy atom. The van der Waals surface area contributed by atoms with Crippen LogP contribution in [0.15, 0.2) is 72.8 Å². The van der Waals surface area contributed by atoms with E-state index in [1.165, 1.54) is 0 Å². The molecule has 0 radical (unpaired) electrons. The van der Waals surface area contributed by atoms with Gasteiger partial charge in [0.15, 0.2) is 0 Å². The highest BCUT2D eigenvalue weighted by Gasteiger charge is 2.55. The van der Waals surface area contributed by atoms with Gasteiger partial charge in [0.2, 0.25) is 0 Å². The van der Waals surface area contributed by atoms with Crippen molar-refractivity contribution in [2.75, 3.05) is 9.80 Å². The summed E-state index contributed by atoms with van der Waals surface area (Å²) in [6.07, 6.45) is 1.66. The van der Waals surface area contributed by atoms with Crippen LogP contribution in [0.25, 0.3) is 0 Å². The molecule has 2 amide bonds. The third-order valence-electron chi connectivity index (χ3n) is 6.03. The molecule has 4 nitrogen and oxygen atoms in total.